The highest BCUT2D eigenvalue weighted by molar-refractivity contribution is 7.94. The van der Waals surface area contributed by atoms with Crippen LogP contribution in [0.2, 0.25) is 5.02 Å². The fraction of sp³-hybridized carbons (Fsp3) is 0.583. The average Bonchev–Trinajstić information content (AvgIpc) is 3.34. The monoisotopic (exact) mass is 565 g/mol. The molecule has 2 saturated heterocycles. The van der Waals surface area contributed by atoms with Crippen LogP contribution in [0.1, 0.15) is 31.2 Å². The summed E-state index contributed by atoms with van der Waals surface area (Å²) < 4.78 is 78.2. The van der Waals surface area contributed by atoms with Gasteiger partial charge in [-0.2, -0.15) is 13.2 Å². The van der Waals surface area contributed by atoms with Crippen molar-refractivity contribution in [1.82, 2.24) is 15.1 Å². The minimum atomic E-state index is -4.43. The number of hydrogen-bond acceptors (Lipinski definition) is 5. The van der Waals surface area contributed by atoms with E-state index in [1.54, 1.807) is 31.2 Å². The Balaban J connectivity index is 1.47. The van der Waals surface area contributed by atoms with E-state index >= 15 is 4.39 Å². The van der Waals surface area contributed by atoms with Gasteiger partial charge in [-0.1, -0.05) is 29.8 Å². The molecule has 1 aromatic carbocycles. The number of rotatable bonds is 5. The van der Waals surface area contributed by atoms with E-state index in [4.69, 9.17) is 11.6 Å². The molecule has 3 aliphatic heterocycles. The van der Waals surface area contributed by atoms with Crippen LogP contribution in [0.15, 0.2) is 35.7 Å². The highest BCUT2D eigenvalue weighted by Gasteiger charge is 2.50. The molecule has 2 amide bonds. The van der Waals surface area contributed by atoms with Gasteiger partial charge in [0.25, 0.3) is 5.91 Å². The fourth-order valence-corrected chi connectivity index (χ4v) is 7.03. The number of halogens is 5. The first-order chi connectivity index (χ1) is 17.2. The van der Waals surface area contributed by atoms with Crippen LogP contribution in [0.4, 0.5) is 17.6 Å². The third kappa shape index (κ3) is 6.28. The molecular weight excluding hydrogens is 538 g/mol. The third-order valence-corrected chi connectivity index (χ3v) is 9.00. The summed E-state index contributed by atoms with van der Waals surface area (Å²) in [6.07, 6.45) is -3.77. The zero-order valence-electron chi connectivity index (χ0n) is 20.0. The van der Waals surface area contributed by atoms with Crippen molar-refractivity contribution < 1.29 is 35.6 Å². The Morgan fingerprint density at radius 2 is 1.92 bits per heavy atom. The maximum atomic E-state index is 15.6. The Kier molecular flexibility index (Phi) is 7.66. The number of carbonyl (C=O) groups is 2. The predicted octanol–water partition coefficient (Wildman–Crippen LogP) is 3.06. The van der Waals surface area contributed by atoms with Gasteiger partial charge in [0.05, 0.1) is 24.3 Å². The van der Waals surface area contributed by atoms with Crippen LogP contribution < -0.4 is 5.32 Å². The minimum absolute atomic E-state index is 0.00482. The number of sulfone groups is 1. The number of nitrogens with one attached hydrogen (secondary N) is 1. The van der Waals surface area contributed by atoms with Gasteiger partial charge in [0, 0.05) is 54.9 Å². The molecule has 37 heavy (non-hydrogen) atoms. The molecule has 4 rings (SSSR count). The molecule has 0 spiro atoms. The standard InChI is InChI=1S/C24H28ClF4N3O4S/c1-15-10-23(26,22(34)30-16-6-9-37(35,36)13-16)7-8-32(15)21(33)19-12-31(14-24(27,28)29)11-18(19)17-4-2-3-5-20(17)25/h2-6,9,15-16,18-19H,7-8,10-14H2,1H3,(H,30,34)/t15-,16+,18-,19-,23-/m0/s1. The molecule has 3 aliphatic rings. The molecule has 0 unspecified atom stereocenters. The summed E-state index contributed by atoms with van der Waals surface area (Å²) in [4.78, 5) is 28.9. The van der Waals surface area contributed by atoms with Crippen LogP contribution in [0.5, 0.6) is 0 Å². The van der Waals surface area contributed by atoms with E-state index in [-0.39, 0.29) is 38.2 Å². The molecule has 3 heterocycles. The lowest BCUT2D eigenvalue weighted by atomic mass is 9.84. The largest absolute Gasteiger partial charge is 0.401 e. The first-order valence-electron chi connectivity index (χ1n) is 11.9. The molecule has 1 N–H and O–H groups in total. The van der Waals surface area contributed by atoms with Gasteiger partial charge in [-0.25, -0.2) is 12.8 Å². The number of hydrogen-bond donors (Lipinski definition) is 1. The van der Waals surface area contributed by atoms with E-state index in [1.807, 2.05) is 0 Å². The van der Waals surface area contributed by atoms with Crippen molar-refractivity contribution in [2.24, 2.45) is 5.92 Å². The summed E-state index contributed by atoms with van der Waals surface area (Å²) in [6.45, 7) is 0.196. The van der Waals surface area contributed by atoms with Crippen LogP contribution >= 0.6 is 11.6 Å². The normalized spacial score (nSPS) is 32.0. The number of likely N-dealkylation sites (tertiary alicyclic amines) is 2. The number of benzene rings is 1. The van der Waals surface area contributed by atoms with Crippen molar-refractivity contribution in [3.63, 3.8) is 0 Å². The van der Waals surface area contributed by atoms with Gasteiger partial charge >= 0.3 is 6.18 Å². The summed E-state index contributed by atoms with van der Waals surface area (Å²) in [5, 5.41) is 3.75. The quantitative estimate of drug-likeness (QED) is 0.555. The predicted molar refractivity (Wildman–Crippen MR) is 129 cm³/mol. The number of piperidine rings is 1. The van der Waals surface area contributed by atoms with Crippen molar-refractivity contribution in [3.8, 4) is 0 Å². The molecule has 13 heteroatoms. The van der Waals surface area contributed by atoms with Crippen LogP contribution in [-0.2, 0) is 19.4 Å². The van der Waals surface area contributed by atoms with Crippen LogP contribution in [0, 0.1) is 5.92 Å². The van der Waals surface area contributed by atoms with Crippen molar-refractivity contribution in [3.05, 3.63) is 46.3 Å². The Morgan fingerprint density at radius 3 is 2.51 bits per heavy atom. The van der Waals surface area contributed by atoms with Gasteiger partial charge in [0.2, 0.25) is 5.91 Å². The fourth-order valence-electron chi connectivity index (χ4n) is 5.52. The highest BCUT2D eigenvalue weighted by atomic mass is 35.5. The lowest BCUT2D eigenvalue weighted by Crippen LogP contribution is -2.58. The second-order valence-electron chi connectivity index (χ2n) is 10.1. The zero-order valence-corrected chi connectivity index (χ0v) is 21.6. The van der Waals surface area contributed by atoms with Gasteiger partial charge in [-0.15, -0.1) is 0 Å². The Morgan fingerprint density at radius 1 is 1.22 bits per heavy atom. The lowest BCUT2D eigenvalue weighted by Gasteiger charge is -2.42. The van der Waals surface area contributed by atoms with Crippen molar-refractivity contribution >= 4 is 33.3 Å². The van der Waals surface area contributed by atoms with Gasteiger partial charge in [0.1, 0.15) is 0 Å². The van der Waals surface area contributed by atoms with Gasteiger partial charge in [0.15, 0.2) is 15.5 Å². The number of amides is 2. The van der Waals surface area contributed by atoms with Crippen molar-refractivity contribution in [2.45, 2.75) is 49.6 Å². The Labute approximate surface area is 217 Å². The van der Waals surface area contributed by atoms with Gasteiger partial charge < -0.3 is 10.2 Å². The summed E-state index contributed by atoms with van der Waals surface area (Å²) in [5.41, 5.74) is -1.73. The molecule has 5 atom stereocenters. The van der Waals surface area contributed by atoms with E-state index in [0.29, 0.717) is 10.6 Å². The topological polar surface area (TPSA) is 86.8 Å². The summed E-state index contributed by atoms with van der Waals surface area (Å²) in [7, 11) is -3.43. The SMILES string of the molecule is C[C@H]1C[C@](F)(C(=O)N[C@@H]2C=CS(=O)(=O)C2)CCN1C(=O)[C@H]1CN(CC(F)(F)F)C[C@H]1c1ccccc1Cl. The van der Waals surface area contributed by atoms with Crippen LogP contribution in [0.3, 0.4) is 0 Å². The second-order valence-corrected chi connectivity index (χ2v) is 12.4. The van der Waals surface area contributed by atoms with E-state index in [9.17, 15) is 31.2 Å². The number of nitrogens with zero attached hydrogens (tertiary/aromatic N) is 2. The molecular formula is C24H28ClF4N3O4S. The Hall–Kier alpha value is -2.18. The smallest absolute Gasteiger partial charge is 0.346 e. The number of carbonyl (C=O) groups excluding carboxylic acids is 2. The summed E-state index contributed by atoms with van der Waals surface area (Å²) in [5.74, 6) is -3.08. The van der Waals surface area contributed by atoms with E-state index in [0.717, 1.165) is 5.41 Å². The van der Waals surface area contributed by atoms with Crippen LogP contribution in [0.25, 0.3) is 0 Å². The summed E-state index contributed by atoms with van der Waals surface area (Å²) in [6, 6.07) is 5.19. The molecule has 0 bridgehead atoms. The first kappa shape index (κ1) is 27.8. The maximum Gasteiger partial charge on any atom is 0.401 e. The molecule has 0 radical (unpaired) electrons. The maximum absolute atomic E-state index is 15.6. The lowest BCUT2D eigenvalue weighted by molar-refractivity contribution is -0.150. The minimum Gasteiger partial charge on any atom is -0.346 e. The first-order valence-corrected chi connectivity index (χ1v) is 14.0. The molecule has 2 fully saturated rings. The zero-order chi connectivity index (χ0) is 27.2. The number of alkyl halides is 4. The van der Waals surface area contributed by atoms with E-state index < -0.39 is 64.0 Å². The molecule has 204 valence electrons. The van der Waals surface area contributed by atoms with Gasteiger partial charge in [-0.3, -0.25) is 14.5 Å². The van der Waals surface area contributed by atoms with E-state index in [1.165, 1.54) is 15.9 Å². The highest BCUT2D eigenvalue weighted by Crippen LogP contribution is 2.40. The average molecular weight is 566 g/mol. The van der Waals surface area contributed by atoms with E-state index in [2.05, 4.69) is 5.32 Å². The molecule has 1 aromatic rings. The second kappa shape index (κ2) is 10.2. The van der Waals surface area contributed by atoms with Crippen LogP contribution in [-0.4, -0.2) is 85.9 Å². The summed E-state index contributed by atoms with van der Waals surface area (Å²) >= 11 is 6.33. The molecule has 7 nitrogen and oxygen atoms in total. The molecule has 0 saturated carbocycles. The molecule has 0 aliphatic carbocycles. The Bertz CT molecular complexity index is 1190. The van der Waals surface area contributed by atoms with Crippen molar-refractivity contribution in [1.29, 1.82) is 0 Å². The van der Waals surface area contributed by atoms with Gasteiger partial charge in [-0.05, 0) is 24.6 Å². The van der Waals surface area contributed by atoms with Crippen molar-refractivity contribution in [2.75, 3.05) is 31.9 Å². The third-order valence-electron chi connectivity index (χ3n) is 7.26. The molecule has 0 aromatic heterocycles.